The molecule has 5 nitrogen and oxygen atoms in total. The number of carbonyl (C=O) groups excluding carboxylic acids is 1. The van der Waals surface area contributed by atoms with Crippen molar-refractivity contribution < 1.29 is 4.79 Å². The Morgan fingerprint density at radius 1 is 1.00 bits per heavy atom. The summed E-state index contributed by atoms with van der Waals surface area (Å²) in [5, 5.41) is 0. The first-order chi connectivity index (χ1) is 17.1. The molecule has 2 aliphatic heterocycles. The molecule has 1 aromatic heterocycles. The minimum atomic E-state index is -0.427. The fraction of sp³-hybridized carbons (Fsp3) is 0.448. The van der Waals surface area contributed by atoms with Crippen LogP contribution in [0.4, 0.5) is 0 Å². The number of nitrogens with zero attached hydrogens (tertiary/aromatic N) is 4. The second-order valence-corrected chi connectivity index (χ2v) is 11.3. The molecule has 1 saturated carbocycles. The maximum Gasteiger partial charge on any atom is 0.222 e. The molecule has 1 amide bonds. The van der Waals surface area contributed by atoms with Crippen molar-refractivity contribution in [2.45, 2.75) is 44.1 Å². The minimum Gasteiger partial charge on any atom is -0.340 e. The Kier molecular flexibility index (Phi) is 6.27. The van der Waals surface area contributed by atoms with Crippen LogP contribution >= 0.6 is 15.9 Å². The summed E-state index contributed by atoms with van der Waals surface area (Å²) in [5.74, 6) is 2.12. The third-order valence-electron chi connectivity index (χ3n) is 8.40. The number of halogens is 1. The van der Waals surface area contributed by atoms with Crippen molar-refractivity contribution in [3.05, 3.63) is 76.5 Å². The number of benzene rings is 2. The van der Waals surface area contributed by atoms with Crippen LogP contribution in [0.5, 0.6) is 0 Å². The van der Waals surface area contributed by atoms with E-state index in [9.17, 15) is 4.79 Å². The molecule has 2 fully saturated rings. The summed E-state index contributed by atoms with van der Waals surface area (Å²) >= 11 is 3.59. The van der Waals surface area contributed by atoms with Gasteiger partial charge in [-0.2, -0.15) is 0 Å². The van der Waals surface area contributed by atoms with E-state index in [0.717, 1.165) is 54.4 Å². The highest BCUT2D eigenvalue weighted by Gasteiger charge is 2.45. The van der Waals surface area contributed by atoms with E-state index in [2.05, 4.69) is 85.0 Å². The van der Waals surface area contributed by atoms with Crippen LogP contribution in [0.3, 0.4) is 0 Å². The van der Waals surface area contributed by atoms with Crippen molar-refractivity contribution in [2.75, 3.05) is 32.7 Å². The average molecular weight is 534 g/mol. The van der Waals surface area contributed by atoms with E-state index in [0.29, 0.717) is 6.42 Å². The van der Waals surface area contributed by atoms with Crippen LogP contribution in [0.25, 0.3) is 11.4 Å². The summed E-state index contributed by atoms with van der Waals surface area (Å²) in [6.45, 7) is 4.94. The average Bonchev–Trinajstić information content (AvgIpc) is 3.63. The van der Waals surface area contributed by atoms with Crippen LogP contribution < -0.4 is 0 Å². The standard InChI is InChI=1S/C29H33BrN4O/c30-24-11-9-23(10-12-24)29(26-8-4-3-7-25(26)28-31-15-16-34(28)29)14-13-27(35)33-19-17-32(18-20-33)21-22-5-1-2-6-22/h3-4,7-12,15-16,22H,1-2,5-6,13-14,17-21H2. The van der Waals surface area contributed by atoms with Crippen LogP contribution in [0.15, 0.2) is 65.4 Å². The summed E-state index contributed by atoms with van der Waals surface area (Å²) in [6.07, 6.45) is 10.7. The number of aromatic nitrogens is 2. The fourth-order valence-electron chi connectivity index (χ4n) is 6.58. The van der Waals surface area contributed by atoms with Crippen molar-refractivity contribution in [3.8, 4) is 11.4 Å². The maximum atomic E-state index is 13.5. The molecular formula is C29H33BrN4O. The van der Waals surface area contributed by atoms with E-state index >= 15 is 0 Å². The van der Waals surface area contributed by atoms with Gasteiger partial charge in [0.2, 0.25) is 5.91 Å². The molecule has 1 aliphatic carbocycles. The molecule has 1 unspecified atom stereocenters. The van der Waals surface area contributed by atoms with Crippen LogP contribution in [0.2, 0.25) is 0 Å². The number of rotatable bonds is 6. The van der Waals surface area contributed by atoms with Gasteiger partial charge in [-0.1, -0.05) is 65.2 Å². The first-order valence-corrected chi connectivity index (χ1v) is 13.8. The molecule has 0 bridgehead atoms. The van der Waals surface area contributed by atoms with Gasteiger partial charge in [0.1, 0.15) is 5.82 Å². The summed E-state index contributed by atoms with van der Waals surface area (Å²) in [5.41, 5.74) is 3.16. The van der Waals surface area contributed by atoms with Gasteiger partial charge in [0.25, 0.3) is 0 Å². The zero-order chi connectivity index (χ0) is 23.8. The van der Waals surface area contributed by atoms with Crippen LogP contribution in [0, 0.1) is 5.92 Å². The van der Waals surface area contributed by atoms with Crippen molar-refractivity contribution in [2.24, 2.45) is 5.92 Å². The lowest BCUT2D eigenvalue weighted by atomic mass is 9.79. The Labute approximate surface area is 216 Å². The van der Waals surface area contributed by atoms with Crippen LogP contribution in [-0.4, -0.2) is 58.0 Å². The molecule has 0 spiro atoms. The summed E-state index contributed by atoms with van der Waals surface area (Å²) < 4.78 is 3.34. The number of imidazole rings is 1. The summed E-state index contributed by atoms with van der Waals surface area (Å²) in [7, 11) is 0. The lowest BCUT2D eigenvalue weighted by molar-refractivity contribution is -0.133. The Morgan fingerprint density at radius 2 is 1.74 bits per heavy atom. The van der Waals surface area contributed by atoms with Crippen molar-refractivity contribution in [3.63, 3.8) is 0 Å². The Bertz CT molecular complexity index is 1190. The van der Waals surface area contributed by atoms with Gasteiger partial charge in [-0.05, 0) is 48.4 Å². The van der Waals surface area contributed by atoms with Gasteiger partial charge in [0.05, 0.1) is 5.54 Å². The molecule has 35 heavy (non-hydrogen) atoms. The van der Waals surface area contributed by atoms with Gasteiger partial charge >= 0.3 is 0 Å². The molecule has 1 atom stereocenters. The zero-order valence-electron chi connectivity index (χ0n) is 20.2. The molecule has 0 N–H and O–H groups in total. The molecule has 3 heterocycles. The lowest BCUT2D eigenvalue weighted by Gasteiger charge is -2.37. The highest BCUT2D eigenvalue weighted by molar-refractivity contribution is 9.10. The largest absolute Gasteiger partial charge is 0.340 e. The molecule has 0 radical (unpaired) electrons. The lowest BCUT2D eigenvalue weighted by Crippen LogP contribution is -2.50. The number of fused-ring (bicyclic) bond motifs is 3. The Balaban J connectivity index is 1.22. The van der Waals surface area contributed by atoms with Gasteiger partial charge in [0.15, 0.2) is 0 Å². The first kappa shape index (κ1) is 23.0. The SMILES string of the molecule is O=C(CCC1(c2ccc(Br)cc2)c2ccccc2-c2nccn21)N1CCN(CC2CCCC2)CC1. The Morgan fingerprint density at radius 3 is 2.51 bits per heavy atom. The van der Waals surface area contributed by atoms with Gasteiger partial charge in [-0.3, -0.25) is 9.69 Å². The van der Waals surface area contributed by atoms with Crippen molar-refractivity contribution >= 4 is 21.8 Å². The highest BCUT2D eigenvalue weighted by atomic mass is 79.9. The number of carbonyl (C=O) groups is 1. The van der Waals surface area contributed by atoms with E-state index < -0.39 is 5.54 Å². The highest BCUT2D eigenvalue weighted by Crippen LogP contribution is 2.49. The van der Waals surface area contributed by atoms with E-state index in [1.165, 1.54) is 43.4 Å². The number of hydrogen-bond donors (Lipinski definition) is 0. The maximum absolute atomic E-state index is 13.5. The van der Waals surface area contributed by atoms with Crippen molar-refractivity contribution in [1.29, 1.82) is 0 Å². The molecule has 3 aromatic rings. The Hall–Kier alpha value is -2.44. The smallest absolute Gasteiger partial charge is 0.222 e. The minimum absolute atomic E-state index is 0.271. The van der Waals surface area contributed by atoms with E-state index in [4.69, 9.17) is 4.98 Å². The van der Waals surface area contributed by atoms with E-state index in [1.807, 2.05) is 6.20 Å². The second-order valence-electron chi connectivity index (χ2n) is 10.4. The topological polar surface area (TPSA) is 41.4 Å². The molecule has 2 aromatic carbocycles. The molecule has 3 aliphatic rings. The summed E-state index contributed by atoms with van der Waals surface area (Å²) in [4.78, 5) is 22.8. The third kappa shape index (κ3) is 4.15. The van der Waals surface area contributed by atoms with E-state index in [1.54, 1.807) is 0 Å². The van der Waals surface area contributed by atoms with Gasteiger partial charge < -0.3 is 9.47 Å². The van der Waals surface area contributed by atoms with Crippen LogP contribution in [-0.2, 0) is 10.3 Å². The molecule has 6 rings (SSSR count). The monoisotopic (exact) mass is 532 g/mol. The van der Waals surface area contributed by atoms with Crippen molar-refractivity contribution in [1.82, 2.24) is 19.4 Å². The molecule has 182 valence electrons. The number of amides is 1. The number of hydrogen-bond acceptors (Lipinski definition) is 3. The predicted octanol–water partition coefficient (Wildman–Crippen LogP) is 5.53. The first-order valence-electron chi connectivity index (χ1n) is 13.0. The molecule has 1 saturated heterocycles. The van der Waals surface area contributed by atoms with Crippen LogP contribution in [0.1, 0.15) is 49.7 Å². The quantitative estimate of drug-likeness (QED) is 0.418. The van der Waals surface area contributed by atoms with Gasteiger partial charge in [0, 0.05) is 61.6 Å². The zero-order valence-corrected chi connectivity index (χ0v) is 21.8. The third-order valence-corrected chi connectivity index (χ3v) is 8.93. The van der Waals surface area contributed by atoms with E-state index in [-0.39, 0.29) is 5.91 Å². The fourth-order valence-corrected chi connectivity index (χ4v) is 6.85. The normalized spacial score (nSPS) is 22.4. The van der Waals surface area contributed by atoms with Gasteiger partial charge in [-0.15, -0.1) is 0 Å². The number of piperazine rings is 1. The van der Waals surface area contributed by atoms with Gasteiger partial charge in [-0.25, -0.2) is 4.98 Å². The summed E-state index contributed by atoms with van der Waals surface area (Å²) in [6, 6.07) is 17.1. The predicted molar refractivity (Wildman–Crippen MR) is 142 cm³/mol. The molecule has 6 heteroatoms. The second kappa shape index (κ2) is 9.55. The molecular weight excluding hydrogens is 500 g/mol.